The molecule has 2 aromatic heterocycles. The van der Waals surface area contributed by atoms with Crippen molar-refractivity contribution in [3.8, 4) is 0 Å². The van der Waals surface area contributed by atoms with Gasteiger partial charge in [-0.15, -0.1) is 10.2 Å². The van der Waals surface area contributed by atoms with Crippen LogP contribution in [0, 0.1) is 0 Å². The molecule has 2 aromatic rings. The number of thioether (sulfide) groups is 1. The van der Waals surface area contributed by atoms with Crippen LogP contribution >= 0.6 is 46.3 Å². The van der Waals surface area contributed by atoms with Crippen molar-refractivity contribution >= 4 is 51.4 Å². The van der Waals surface area contributed by atoms with Crippen molar-refractivity contribution in [3.63, 3.8) is 0 Å². The van der Waals surface area contributed by atoms with Gasteiger partial charge in [0, 0.05) is 17.0 Å². The normalized spacial score (nSPS) is 10.6. The van der Waals surface area contributed by atoms with E-state index in [4.69, 9.17) is 28.9 Å². The van der Waals surface area contributed by atoms with E-state index < -0.39 is 0 Å². The minimum atomic E-state index is 0.388. The predicted octanol–water partition coefficient (Wildman–Crippen LogP) is 3.11. The summed E-state index contributed by atoms with van der Waals surface area (Å²) in [5.41, 5.74) is 6.38. The molecule has 0 aliphatic heterocycles. The number of nitrogen functional groups attached to an aromatic ring is 1. The highest BCUT2D eigenvalue weighted by atomic mass is 35.5. The average molecular weight is 293 g/mol. The summed E-state index contributed by atoms with van der Waals surface area (Å²) in [6, 6.07) is 1.62. The maximum Gasteiger partial charge on any atom is 0.203 e. The van der Waals surface area contributed by atoms with Gasteiger partial charge in [0.25, 0.3) is 0 Å². The maximum atomic E-state index is 6.01. The molecule has 0 aliphatic carbocycles. The van der Waals surface area contributed by atoms with Gasteiger partial charge in [0.2, 0.25) is 5.13 Å². The molecule has 16 heavy (non-hydrogen) atoms. The molecule has 8 heteroatoms. The third kappa shape index (κ3) is 2.98. The minimum absolute atomic E-state index is 0.388. The summed E-state index contributed by atoms with van der Waals surface area (Å²) in [4.78, 5) is 3.97. The molecule has 0 amide bonds. The molecular formula is C8H6Cl2N4S2. The molecule has 0 unspecified atom stereocenters. The molecule has 2 rings (SSSR count). The van der Waals surface area contributed by atoms with Gasteiger partial charge in [0.15, 0.2) is 4.34 Å². The number of anilines is 1. The van der Waals surface area contributed by atoms with Crippen LogP contribution in [0.3, 0.4) is 0 Å². The average Bonchev–Trinajstić information content (AvgIpc) is 2.63. The molecule has 0 atom stereocenters. The van der Waals surface area contributed by atoms with Crippen LogP contribution in [0.25, 0.3) is 0 Å². The van der Waals surface area contributed by atoms with Crippen LogP contribution in [0.1, 0.15) is 5.56 Å². The Morgan fingerprint density at radius 1 is 1.38 bits per heavy atom. The highest BCUT2D eigenvalue weighted by Gasteiger charge is 2.06. The van der Waals surface area contributed by atoms with Gasteiger partial charge in [0.1, 0.15) is 5.15 Å². The first kappa shape index (κ1) is 11.9. The molecule has 0 saturated carbocycles. The van der Waals surface area contributed by atoms with E-state index >= 15 is 0 Å². The Labute approximate surface area is 110 Å². The lowest BCUT2D eigenvalue weighted by Gasteiger charge is -2.01. The fourth-order valence-electron chi connectivity index (χ4n) is 0.960. The lowest BCUT2D eigenvalue weighted by atomic mass is 10.3. The number of nitrogens with two attached hydrogens (primary N) is 1. The summed E-state index contributed by atoms with van der Waals surface area (Å²) in [6.07, 6.45) is 1.65. The van der Waals surface area contributed by atoms with Crippen molar-refractivity contribution in [2.45, 2.75) is 10.1 Å². The predicted molar refractivity (Wildman–Crippen MR) is 68.1 cm³/mol. The van der Waals surface area contributed by atoms with Crippen LogP contribution in [0.4, 0.5) is 5.13 Å². The molecule has 0 fully saturated rings. The first-order chi connectivity index (χ1) is 7.65. The fourth-order valence-corrected chi connectivity index (χ4v) is 3.09. The van der Waals surface area contributed by atoms with Crippen LogP contribution < -0.4 is 5.73 Å². The van der Waals surface area contributed by atoms with Crippen molar-refractivity contribution in [1.29, 1.82) is 0 Å². The second-order valence-electron chi connectivity index (χ2n) is 2.79. The third-order valence-corrected chi connectivity index (χ3v) is 4.16. The van der Waals surface area contributed by atoms with Gasteiger partial charge in [-0.05, 0) is 11.6 Å². The summed E-state index contributed by atoms with van der Waals surface area (Å²) in [6.45, 7) is 0. The molecule has 0 saturated heterocycles. The van der Waals surface area contributed by atoms with Crippen molar-refractivity contribution < 1.29 is 0 Å². The summed E-state index contributed by atoms with van der Waals surface area (Å²) in [7, 11) is 0. The van der Waals surface area contributed by atoms with Crippen molar-refractivity contribution in [2.75, 3.05) is 5.73 Å². The molecule has 0 aliphatic rings. The summed E-state index contributed by atoms with van der Waals surface area (Å²) >= 11 is 14.6. The first-order valence-corrected chi connectivity index (χ1v) is 6.72. The SMILES string of the molecule is Nc1nnc(SCc2cnc(Cl)cc2Cl)s1. The number of hydrogen-bond donors (Lipinski definition) is 1. The highest BCUT2D eigenvalue weighted by molar-refractivity contribution is 8.00. The molecular weight excluding hydrogens is 287 g/mol. The fraction of sp³-hybridized carbons (Fsp3) is 0.125. The third-order valence-electron chi connectivity index (χ3n) is 1.67. The van der Waals surface area contributed by atoms with E-state index in [-0.39, 0.29) is 0 Å². The monoisotopic (exact) mass is 292 g/mol. The number of halogens is 2. The molecule has 4 nitrogen and oxygen atoms in total. The van der Waals surface area contributed by atoms with Gasteiger partial charge in [-0.25, -0.2) is 4.98 Å². The van der Waals surface area contributed by atoms with Crippen LogP contribution in [-0.2, 0) is 5.75 Å². The van der Waals surface area contributed by atoms with Crippen molar-refractivity contribution in [3.05, 3.63) is 28.0 Å². The quantitative estimate of drug-likeness (QED) is 0.695. The molecule has 0 bridgehead atoms. The standard InChI is InChI=1S/C8H6Cl2N4S2/c9-5-1-6(10)12-2-4(5)3-15-8-14-13-7(11)16-8/h1-2H,3H2,(H2,11,13). The van der Waals surface area contributed by atoms with E-state index in [1.54, 1.807) is 12.3 Å². The molecule has 2 N–H and O–H groups in total. The van der Waals surface area contributed by atoms with Crippen LogP contribution in [0.2, 0.25) is 10.2 Å². The number of rotatable bonds is 3. The van der Waals surface area contributed by atoms with Gasteiger partial charge in [-0.1, -0.05) is 46.3 Å². The van der Waals surface area contributed by atoms with E-state index in [1.807, 2.05) is 0 Å². The molecule has 0 aromatic carbocycles. The second-order valence-corrected chi connectivity index (χ2v) is 5.82. The summed E-state index contributed by atoms with van der Waals surface area (Å²) in [5.74, 6) is 0.664. The smallest absolute Gasteiger partial charge is 0.203 e. The molecule has 84 valence electrons. The van der Waals surface area contributed by atoms with Gasteiger partial charge < -0.3 is 5.73 Å². The Balaban J connectivity index is 2.04. The molecule has 0 spiro atoms. The van der Waals surface area contributed by atoms with E-state index in [0.29, 0.717) is 21.1 Å². The van der Waals surface area contributed by atoms with Gasteiger partial charge in [-0.2, -0.15) is 0 Å². The Morgan fingerprint density at radius 3 is 2.81 bits per heavy atom. The van der Waals surface area contributed by atoms with Crippen LogP contribution in [0.15, 0.2) is 16.6 Å². The number of hydrogen-bond acceptors (Lipinski definition) is 6. The number of pyridine rings is 1. The zero-order valence-electron chi connectivity index (χ0n) is 7.85. The first-order valence-electron chi connectivity index (χ1n) is 4.17. The Hall–Kier alpha value is -0.560. The maximum absolute atomic E-state index is 6.01. The highest BCUT2D eigenvalue weighted by Crippen LogP contribution is 2.29. The van der Waals surface area contributed by atoms with Gasteiger partial charge >= 0.3 is 0 Å². The number of nitrogens with zero attached hydrogens (tertiary/aromatic N) is 3. The Morgan fingerprint density at radius 2 is 2.19 bits per heavy atom. The topological polar surface area (TPSA) is 64.7 Å². The zero-order valence-corrected chi connectivity index (χ0v) is 11.0. The van der Waals surface area contributed by atoms with E-state index in [0.717, 1.165) is 9.90 Å². The second kappa shape index (κ2) is 5.18. The van der Waals surface area contributed by atoms with E-state index in [1.165, 1.54) is 23.1 Å². The van der Waals surface area contributed by atoms with Crippen molar-refractivity contribution in [1.82, 2.24) is 15.2 Å². The molecule has 2 heterocycles. The Bertz CT molecular complexity index is 503. The van der Waals surface area contributed by atoms with Gasteiger partial charge in [0.05, 0.1) is 0 Å². The van der Waals surface area contributed by atoms with Crippen LogP contribution in [-0.4, -0.2) is 15.2 Å². The Kier molecular flexibility index (Phi) is 3.86. The van der Waals surface area contributed by atoms with E-state index in [9.17, 15) is 0 Å². The largest absolute Gasteiger partial charge is 0.374 e. The van der Waals surface area contributed by atoms with Gasteiger partial charge in [-0.3, -0.25) is 0 Å². The summed E-state index contributed by atoms with van der Waals surface area (Å²) in [5, 5.41) is 9.07. The molecule has 0 radical (unpaired) electrons. The number of aromatic nitrogens is 3. The summed E-state index contributed by atoms with van der Waals surface area (Å²) < 4.78 is 0.809. The lowest BCUT2D eigenvalue weighted by Crippen LogP contribution is -1.85. The van der Waals surface area contributed by atoms with E-state index in [2.05, 4.69) is 15.2 Å². The van der Waals surface area contributed by atoms with Crippen molar-refractivity contribution in [2.24, 2.45) is 0 Å². The van der Waals surface area contributed by atoms with Crippen LogP contribution in [0.5, 0.6) is 0 Å². The lowest BCUT2D eigenvalue weighted by molar-refractivity contribution is 1.02. The zero-order chi connectivity index (χ0) is 11.5. The minimum Gasteiger partial charge on any atom is -0.374 e.